The molecule has 0 atom stereocenters. The van der Waals surface area contributed by atoms with Crippen LogP contribution in [0, 0.1) is 0 Å². The number of ether oxygens (including phenoxy) is 1. The second kappa shape index (κ2) is 12.1. The monoisotopic (exact) mass is 552 g/mol. The Kier molecular flexibility index (Phi) is 9.13. The molecular formula is C25H24ClF3N4O5. The first-order valence-corrected chi connectivity index (χ1v) is 11.6. The third-order valence-corrected chi connectivity index (χ3v) is 5.68. The number of alkyl halides is 3. The summed E-state index contributed by atoms with van der Waals surface area (Å²) in [6, 6.07) is 11.0. The summed E-state index contributed by atoms with van der Waals surface area (Å²) < 4.78 is 43.4. The van der Waals surface area contributed by atoms with Crippen LogP contribution in [-0.2, 0) is 11.3 Å². The molecule has 9 nitrogen and oxygen atoms in total. The number of aromatic nitrogens is 2. The van der Waals surface area contributed by atoms with Gasteiger partial charge in [0.05, 0.1) is 6.54 Å². The lowest BCUT2D eigenvalue weighted by molar-refractivity contribution is -0.274. The van der Waals surface area contributed by atoms with E-state index >= 15 is 0 Å². The molecule has 0 radical (unpaired) electrons. The first-order valence-electron chi connectivity index (χ1n) is 11.2. The quantitative estimate of drug-likeness (QED) is 0.287. The molecule has 0 aliphatic rings. The van der Waals surface area contributed by atoms with Gasteiger partial charge < -0.3 is 24.2 Å². The lowest BCUT2D eigenvalue weighted by atomic mass is 10.1. The second-order valence-electron chi connectivity index (χ2n) is 8.25. The number of carbonyl (C=O) groups is 3. The number of carbonyl (C=O) groups excluding carboxylic acids is 3. The van der Waals surface area contributed by atoms with Gasteiger partial charge in [-0.05, 0) is 36.2 Å². The fraction of sp³-hybridized carbons (Fsp3) is 0.280. The van der Waals surface area contributed by atoms with Crippen LogP contribution in [0.1, 0.15) is 38.7 Å². The van der Waals surface area contributed by atoms with Crippen LogP contribution in [0.25, 0.3) is 0 Å². The summed E-state index contributed by atoms with van der Waals surface area (Å²) in [4.78, 5) is 45.3. The van der Waals surface area contributed by atoms with Crippen LogP contribution < -0.4 is 9.64 Å². The molecule has 2 aromatic carbocycles. The number of benzene rings is 2. The van der Waals surface area contributed by atoms with Crippen LogP contribution in [0.15, 0.2) is 48.5 Å². The average Bonchev–Trinajstić information content (AvgIpc) is 3.25. The van der Waals surface area contributed by atoms with Gasteiger partial charge in [0.1, 0.15) is 5.75 Å². The molecule has 3 aromatic rings. The molecule has 1 N–H and O–H groups in total. The van der Waals surface area contributed by atoms with E-state index in [1.54, 1.807) is 24.3 Å². The van der Waals surface area contributed by atoms with Crippen LogP contribution in [-0.4, -0.2) is 71.3 Å². The highest BCUT2D eigenvalue weighted by Crippen LogP contribution is 2.28. The smallest absolute Gasteiger partial charge is 0.406 e. The predicted molar refractivity (Wildman–Crippen MR) is 132 cm³/mol. The first-order chi connectivity index (χ1) is 17.9. The van der Waals surface area contributed by atoms with Crippen LogP contribution in [0.2, 0.25) is 5.02 Å². The third-order valence-electron chi connectivity index (χ3n) is 5.43. The Morgan fingerprint density at radius 1 is 1.16 bits per heavy atom. The van der Waals surface area contributed by atoms with E-state index < -0.39 is 23.8 Å². The van der Waals surface area contributed by atoms with E-state index in [2.05, 4.69) is 9.72 Å². The maximum Gasteiger partial charge on any atom is 0.573 e. The van der Waals surface area contributed by atoms with Crippen molar-refractivity contribution in [2.24, 2.45) is 0 Å². The van der Waals surface area contributed by atoms with Gasteiger partial charge in [-0.15, -0.1) is 13.2 Å². The Labute approximate surface area is 221 Å². The van der Waals surface area contributed by atoms with Gasteiger partial charge in [0.2, 0.25) is 12.2 Å². The molecule has 13 heteroatoms. The van der Waals surface area contributed by atoms with E-state index in [0.29, 0.717) is 17.0 Å². The zero-order valence-electron chi connectivity index (χ0n) is 20.4. The maximum absolute atomic E-state index is 13.6. The Bertz CT molecular complexity index is 1310. The SMILES string of the molecule is CN(CCCO)C(=O)c1c(N(C)C=O)nc(C(=O)c2cccc(OC(F)(F)F)c2)n1Cc1ccc(Cl)cc1. The molecule has 38 heavy (non-hydrogen) atoms. The molecule has 3 rings (SSSR count). The van der Waals surface area contributed by atoms with Gasteiger partial charge in [-0.25, -0.2) is 4.98 Å². The van der Waals surface area contributed by atoms with Gasteiger partial charge in [-0.3, -0.25) is 14.4 Å². The highest BCUT2D eigenvalue weighted by Gasteiger charge is 2.33. The fourth-order valence-electron chi connectivity index (χ4n) is 3.60. The number of imidazole rings is 1. The number of hydrogen-bond donors (Lipinski definition) is 1. The number of rotatable bonds is 11. The van der Waals surface area contributed by atoms with Gasteiger partial charge >= 0.3 is 6.36 Å². The van der Waals surface area contributed by atoms with Crippen LogP contribution in [0.5, 0.6) is 5.75 Å². The Morgan fingerprint density at radius 2 is 1.84 bits per heavy atom. The van der Waals surface area contributed by atoms with E-state index in [0.717, 1.165) is 17.0 Å². The summed E-state index contributed by atoms with van der Waals surface area (Å²) >= 11 is 5.98. The average molecular weight is 553 g/mol. The molecule has 0 fully saturated rings. The topological polar surface area (TPSA) is 105 Å². The summed E-state index contributed by atoms with van der Waals surface area (Å²) in [6.45, 7) is -0.0414. The second-order valence-corrected chi connectivity index (χ2v) is 8.68. The van der Waals surface area contributed by atoms with Gasteiger partial charge in [0.15, 0.2) is 17.3 Å². The van der Waals surface area contributed by atoms with Crippen molar-refractivity contribution in [3.63, 3.8) is 0 Å². The van der Waals surface area contributed by atoms with Crippen molar-refractivity contribution in [1.82, 2.24) is 14.5 Å². The molecule has 0 saturated carbocycles. The molecule has 0 bridgehead atoms. The zero-order chi connectivity index (χ0) is 28.0. The number of halogens is 4. The zero-order valence-corrected chi connectivity index (χ0v) is 21.2. The molecule has 0 unspecified atom stereocenters. The molecule has 0 saturated heterocycles. The molecule has 0 aliphatic heterocycles. The highest BCUT2D eigenvalue weighted by atomic mass is 35.5. The number of nitrogens with zero attached hydrogens (tertiary/aromatic N) is 4. The Balaban J connectivity index is 2.19. The molecule has 2 amide bonds. The minimum absolute atomic E-state index is 0.0500. The molecule has 0 aliphatic carbocycles. The van der Waals surface area contributed by atoms with Crippen molar-refractivity contribution in [1.29, 1.82) is 0 Å². The van der Waals surface area contributed by atoms with Crippen molar-refractivity contribution in [2.75, 3.05) is 32.1 Å². The van der Waals surface area contributed by atoms with E-state index in [-0.39, 0.29) is 49.0 Å². The summed E-state index contributed by atoms with van der Waals surface area (Å²) in [6.07, 6.45) is -4.27. The number of aliphatic hydroxyl groups is 1. The molecular weight excluding hydrogens is 529 g/mol. The standard InChI is InChI=1S/C25H24ClF3N4O5/c1-31(11-4-12-34)24(37)20-22(32(2)15-35)30-23(33(20)14-16-7-9-18(26)10-8-16)21(36)17-5-3-6-19(13-17)38-25(27,28)29/h3,5-10,13,15,34H,4,11-12,14H2,1-2H3. The van der Waals surface area contributed by atoms with Gasteiger partial charge in [-0.2, -0.15) is 0 Å². The number of ketones is 1. The number of amides is 2. The van der Waals surface area contributed by atoms with Crippen LogP contribution >= 0.6 is 11.6 Å². The third kappa shape index (κ3) is 6.90. The van der Waals surface area contributed by atoms with E-state index in [9.17, 15) is 32.7 Å². The van der Waals surface area contributed by atoms with E-state index in [1.165, 1.54) is 35.7 Å². The van der Waals surface area contributed by atoms with Crippen molar-refractivity contribution in [3.8, 4) is 5.75 Å². The summed E-state index contributed by atoms with van der Waals surface area (Å²) in [7, 11) is 2.83. The normalized spacial score (nSPS) is 11.2. The molecule has 0 spiro atoms. The van der Waals surface area contributed by atoms with Crippen LogP contribution in [0.4, 0.5) is 19.0 Å². The van der Waals surface area contributed by atoms with Crippen molar-refractivity contribution < 1.29 is 37.4 Å². The lowest BCUT2D eigenvalue weighted by Gasteiger charge is -2.20. The minimum Gasteiger partial charge on any atom is -0.406 e. The van der Waals surface area contributed by atoms with Gasteiger partial charge in [0.25, 0.3) is 5.91 Å². The molecule has 1 heterocycles. The fourth-order valence-corrected chi connectivity index (χ4v) is 3.73. The van der Waals surface area contributed by atoms with Gasteiger partial charge in [0, 0.05) is 37.8 Å². The van der Waals surface area contributed by atoms with Crippen molar-refractivity contribution >= 4 is 35.5 Å². The number of anilines is 1. The Morgan fingerprint density at radius 3 is 2.45 bits per heavy atom. The van der Waals surface area contributed by atoms with Gasteiger partial charge in [-0.1, -0.05) is 35.9 Å². The van der Waals surface area contributed by atoms with E-state index in [4.69, 9.17) is 11.6 Å². The molecule has 1 aromatic heterocycles. The van der Waals surface area contributed by atoms with Crippen molar-refractivity contribution in [2.45, 2.75) is 19.3 Å². The van der Waals surface area contributed by atoms with Crippen LogP contribution in [0.3, 0.4) is 0 Å². The first kappa shape index (κ1) is 28.7. The summed E-state index contributed by atoms with van der Waals surface area (Å²) in [5, 5.41) is 9.63. The van der Waals surface area contributed by atoms with Crippen molar-refractivity contribution in [3.05, 3.63) is 76.2 Å². The number of hydrogen-bond acceptors (Lipinski definition) is 6. The Hall–Kier alpha value is -3.90. The largest absolute Gasteiger partial charge is 0.573 e. The summed E-state index contributed by atoms with van der Waals surface area (Å²) in [5.74, 6) is -2.40. The van der Waals surface area contributed by atoms with E-state index in [1.807, 2.05) is 0 Å². The highest BCUT2D eigenvalue weighted by molar-refractivity contribution is 6.30. The number of aliphatic hydroxyl groups excluding tert-OH is 1. The predicted octanol–water partition coefficient (Wildman–Crippen LogP) is 3.76. The summed E-state index contributed by atoms with van der Waals surface area (Å²) in [5.41, 5.74) is 0.352. The molecule has 202 valence electrons. The lowest BCUT2D eigenvalue weighted by Crippen LogP contribution is -2.32. The maximum atomic E-state index is 13.6. The minimum atomic E-state index is -4.96.